The minimum Gasteiger partial charge on any atom is -0.354 e. The number of rotatable bonds is 9. The van der Waals surface area contributed by atoms with Crippen molar-refractivity contribution in [2.24, 2.45) is 5.92 Å². The third-order valence-electron chi connectivity index (χ3n) is 6.69. The zero-order valence-corrected chi connectivity index (χ0v) is 17.9. The molecule has 158 valence electrons. The Morgan fingerprint density at radius 1 is 1.00 bits per heavy atom. The lowest BCUT2D eigenvalue weighted by Crippen LogP contribution is -2.45. The number of nitrogens with zero attached hydrogens (tertiary/aromatic N) is 1. The summed E-state index contributed by atoms with van der Waals surface area (Å²) in [5.41, 5.74) is 3.47. The number of amides is 2. The Morgan fingerprint density at radius 2 is 1.76 bits per heavy atom. The van der Waals surface area contributed by atoms with Gasteiger partial charge in [-0.2, -0.15) is 0 Å². The fraction of sp³-hybridized carbons (Fsp3) is 0.667. The molecule has 2 N–H and O–H groups in total. The van der Waals surface area contributed by atoms with Crippen molar-refractivity contribution in [3.8, 4) is 0 Å². The van der Waals surface area contributed by atoms with Crippen LogP contribution in [0.1, 0.15) is 61.6 Å². The highest BCUT2D eigenvalue weighted by Gasteiger charge is 2.38. The highest BCUT2D eigenvalue weighted by molar-refractivity contribution is 5.79. The second-order valence-electron chi connectivity index (χ2n) is 9.48. The minimum absolute atomic E-state index is 0.0972. The van der Waals surface area contributed by atoms with Crippen LogP contribution >= 0.6 is 0 Å². The molecule has 2 aliphatic carbocycles. The summed E-state index contributed by atoms with van der Waals surface area (Å²) in [5, 5.41) is 6.32. The second-order valence-corrected chi connectivity index (χ2v) is 9.48. The molecule has 5 heteroatoms. The molecule has 1 saturated heterocycles. The summed E-state index contributed by atoms with van der Waals surface area (Å²) < 4.78 is 0. The first-order chi connectivity index (χ1) is 14.0. The molecule has 3 aliphatic rings. The first-order valence-electron chi connectivity index (χ1n) is 11.4. The Kier molecular flexibility index (Phi) is 6.23. The van der Waals surface area contributed by atoms with E-state index < -0.39 is 0 Å². The molecule has 3 fully saturated rings. The zero-order chi connectivity index (χ0) is 20.4. The van der Waals surface area contributed by atoms with Crippen LogP contribution in [0.3, 0.4) is 0 Å². The normalized spacial score (nSPS) is 24.5. The Labute approximate surface area is 174 Å². The van der Waals surface area contributed by atoms with Crippen molar-refractivity contribution in [2.75, 3.05) is 13.1 Å². The van der Waals surface area contributed by atoms with Crippen molar-refractivity contribution in [3.63, 3.8) is 0 Å². The largest absolute Gasteiger partial charge is 0.354 e. The van der Waals surface area contributed by atoms with E-state index in [0.717, 1.165) is 43.7 Å². The summed E-state index contributed by atoms with van der Waals surface area (Å²) in [4.78, 5) is 27.4. The average Bonchev–Trinajstić information content (AvgIpc) is 3.59. The Balaban J connectivity index is 1.29. The highest BCUT2D eigenvalue weighted by atomic mass is 16.2. The van der Waals surface area contributed by atoms with Crippen molar-refractivity contribution in [1.29, 1.82) is 0 Å². The van der Waals surface area contributed by atoms with Crippen LogP contribution < -0.4 is 10.6 Å². The maximum absolute atomic E-state index is 12.6. The van der Waals surface area contributed by atoms with Gasteiger partial charge in [-0.15, -0.1) is 0 Å². The van der Waals surface area contributed by atoms with E-state index in [2.05, 4.69) is 47.6 Å². The third kappa shape index (κ3) is 5.81. The number of nitrogens with one attached hydrogen (secondary N) is 2. The molecule has 0 bridgehead atoms. The molecule has 4 rings (SSSR count). The van der Waals surface area contributed by atoms with E-state index >= 15 is 0 Å². The van der Waals surface area contributed by atoms with Gasteiger partial charge in [0.2, 0.25) is 11.8 Å². The smallest absolute Gasteiger partial charge is 0.224 e. The lowest BCUT2D eigenvalue weighted by atomic mass is 10.0. The maximum atomic E-state index is 12.6. The van der Waals surface area contributed by atoms with E-state index in [4.69, 9.17) is 0 Å². The quantitative estimate of drug-likeness (QED) is 0.674. The predicted molar refractivity (Wildman–Crippen MR) is 115 cm³/mol. The van der Waals surface area contributed by atoms with Crippen molar-refractivity contribution in [3.05, 3.63) is 34.9 Å². The molecule has 2 amide bonds. The van der Waals surface area contributed by atoms with E-state index in [-0.39, 0.29) is 11.8 Å². The number of carbonyl (C=O) groups is 2. The average molecular weight is 398 g/mol. The van der Waals surface area contributed by atoms with Crippen LogP contribution in [0.2, 0.25) is 0 Å². The number of hydrogen-bond acceptors (Lipinski definition) is 3. The molecule has 29 heavy (non-hydrogen) atoms. The van der Waals surface area contributed by atoms with Crippen LogP contribution in [0, 0.1) is 19.8 Å². The van der Waals surface area contributed by atoms with E-state index in [0.29, 0.717) is 37.5 Å². The van der Waals surface area contributed by atoms with Gasteiger partial charge in [0.15, 0.2) is 0 Å². The van der Waals surface area contributed by atoms with E-state index in [1.54, 1.807) is 0 Å². The SMILES string of the molecule is Cc1ccc(C)c(CC(=O)NC[C@@H]2CC[C@H](CC(=O)NC3CC3)N2CC2CC2)c1. The summed E-state index contributed by atoms with van der Waals surface area (Å²) in [6.07, 6.45) is 8.06. The first kappa shape index (κ1) is 20.4. The lowest BCUT2D eigenvalue weighted by Gasteiger charge is -2.30. The van der Waals surface area contributed by atoms with Crippen molar-refractivity contribution in [2.45, 2.75) is 83.3 Å². The van der Waals surface area contributed by atoms with Gasteiger partial charge in [0.1, 0.15) is 0 Å². The summed E-state index contributed by atoms with van der Waals surface area (Å²) in [6.45, 7) is 5.90. The maximum Gasteiger partial charge on any atom is 0.224 e. The van der Waals surface area contributed by atoms with Crippen molar-refractivity contribution < 1.29 is 9.59 Å². The fourth-order valence-electron chi connectivity index (χ4n) is 4.54. The van der Waals surface area contributed by atoms with Gasteiger partial charge in [0, 0.05) is 37.6 Å². The molecule has 1 heterocycles. The van der Waals surface area contributed by atoms with Crippen LogP contribution in [0.5, 0.6) is 0 Å². The Hall–Kier alpha value is -1.88. The van der Waals surface area contributed by atoms with Gasteiger partial charge in [-0.3, -0.25) is 14.5 Å². The molecule has 1 aromatic rings. The predicted octanol–water partition coefficient (Wildman–Crippen LogP) is 2.87. The molecule has 2 atom stereocenters. The van der Waals surface area contributed by atoms with Crippen LogP contribution in [0.25, 0.3) is 0 Å². The van der Waals surface area contributed by atoms with Crippen LogP contribution in [0.4, 0.5) is 0 Å². The molecule has 0 radical (unpaired) electrons. The van der Waals surface area contributed by atoms with Crippen LogP contribution in [0.15, 0.2) is 18.2 Å². The van der Waals surface area contributed by atoms with Gasteiger partial charge < -0.3 is 10.6 Å². The number of likely N-dealkylation sites (tertiary alicyclic amines) is 1. The molecule has 0 spiro atoms. The van der Waals surface area contributed by atoms with Gasteiger partial charge in [0.05, 0.1) is 6.42 Å². The minimum atomic E-state index is 0.0972. The first-order valence-corrected chi connectivity index (χ1v) is 11.4. The molecule has 5 nitrogen and oxygen atoms in total. The van der Waals surface area contributed by atoms with E-state index in [1.165, 1.54) is 24.0 Å². The second kappa shape index (κ2) is 8.86. The van der Waals surface area contributed by atoms with E-state index in [9.17, 15) is 9.59 Å². The highest BCUT2D eigenvalue weighted by Crippen LogP contribution is 2.35. The van der Waals surface area contributed by atoms with Crippen molar-refractivity contribution >= 4 is 11.8 Å². The van der Waals surface area contributed by atoms with Gasteiger partial charge >= 0.3 is 0 Å². The standard InChI is InChI=1S/C24H35N3O2/c1-16-3-4-17(2)19(11-16)12-23(28)25-14-22-10-9-21(27(22)15-18-5-6-18)13-24(29)26-20-7-8-20/h3-4,11,18,20-22H,5-10,12-15H2,1-2H3,(H,25,28)(H,26,29)/t21-,22+/m1/s1. The van der Waals surface area contributed by atoms with Gasteiger partial charge in [-0.05, 0) is 69.4 Å². The molecule has 2 saturated carbocycles. The third-order valence-corrected chi connectivity index (χ3v) is 6.69. The molecular formula is C24H35N3O2. The molecular weight excluding hydrogens is 362 g/mol. The van der Waals surface area contributed by atoms with E-state index in [1.807, 2.05) is 0 Å². The summed E-state index contributed by atoms with van der Waals surface area (Å²) in [7, 11) is 0. The van der Waals surface area contributed by atoms with Gasteiger partial charge in [-0.1, -0.05) is 23.8 Å². The number of benzene rings is 1. The number of hydrogen-bond donors (Lipinski definition) is 2. The Morgan fingerprint density at radius 3 is 2.48 bits per heavy atom. The monoisotopic (exact) mass is 397 g/mol. The zero-order valence-electron chi connectivity index (χ0n) is 17.9. The molecule has 0 aromatic heterocycles. The lowest BCUT2D eigenvalue weighted by molar-refractivity contribution is -0.123. The van der Waals surface area contributed by atoms with Crippen LogP contribution in [-0.2, 0) is 16.0 Å². The van der Waals surface area contributed by atoms with Gasteiger partial charge in [0.25, 0.3) is 0 Å². The summed E-state index contributed by atoms with van der Waals surface area (Å²) in [5.74, 6) is 1.09. The summed E-state index contributed by atoms with van der Waals surface area (Å²) >= 11 is 0. The molecule has 1 aromatic carbocycles. The molecule has 1 aliphatic heterocycles. The van der Waals surface area contributed by atoms with Gasteiger partial charge in [-0.25, -0.2) is 0 Å². The molecule has 0 unspecified atom stereocenters. The number of carbonyl (C=O) groups excluding carboxylic acids is 2. The summed E-state index contributed by atoms with van der Waals surface area (Å²) in [6, 6.07) is 7.40. The Bertz CT molecular complexity index is 754. The topological polar surface area (TPSA) is 61.4 Å². The van der Waals surface area contributed by atoms with Crippen LogP contribution in [-0.4, -0.2) is 47.9 Å². The fourth-order valence-corrected chi connectivity index (χ4v) is 4.54. The van der Waals surface area contributed by atoms with Crippen molar-refractivity contribution in [1.82, 2.24) is 15.5 Å². The number of aryl methyl sites for hydroxylation is 2.